The molecule has 1 aromatic carbocycles. The maximum atomic E-state index is 12.9. The molecule has 0 bridgehead atoms. The zero-order chi connectivity index (χ0) is 18.1. The number of aryl methyl sites for hydroxylation is 1. The summed E-state index contributed by atoms with van der Waals surface area (Å²) in [6.45, 7) is 3.56. The summed E-state index contributed by atoms with van der Waals surface area (Å²) < 4.78 is 6.39. The van der Waals surface area contributed by atoms with Crippen molar-refractivity contribution >= 4 is 17.0 Å². The van der Waals surface area contributed by atoms with E-state index in [9.17, 15) is 14.4 Å². The number of benzene rings is 1. The van der Waals surface area contributed by atoms with E-state index in [1.165, 1.54) is 0 Å². The topological polar surface area (TPSA) is 123 Å². The van der Waals surface area contributed by atoms with Gasteiger partial charge in [-0.2, -0.15) is 0 Å². The van der Waals surface area contributed by atoms with Gasteiger partial charge in [-0.15, -0.1) is 0 Å². The molecule has 130 valence electrons. The first-order valence-corrected chi connectivity index (χ1v) is 7.77. The van der Waals surface area contributed by atoms with Crippen LogP contribution in [-0.2, 0) is 0 Å². The van der Waals surface area contributed by atoms with Crippen molar-refractivity contribution in [2.75, 3.05) is 6.54 Å². The Labute approximate surface area is 142 Å². The van der Waals surface area contributed by atoms with Crippen LogP contribution in [0.2, 0.25) is 0 Å². The van der Waals surface area contributed by atoms with Crippen molar-refractivity contribution in [2.24, 2.45) is 5.73 Å². The molecule has 1 amide bonds. The first kappa shape index (κ1) is 16.7. The number of nitrogens with two attached hydrogens (primary N) is 1. The minimum atomic E-state index is -0.639. The van der Waals surface area contributed by atoms with Crippen molar-refractivity contribution in [1.29, 1.82) is 0 Å². The monoisotopic (exact) mass is 342 g/mol. The highest BCUT2D eigenvalue weighted by atomic mass is 16.3. The summed E-state index contributed by atoms with van der Waals surface area (Å²) in [4.78, 5) is 40.2. The Morgan fingerprint density at radius 2 is 2.00 bits per heavy atom. The van der Waals surface area contributed by atoms with E-state index in [1.54, 1.807) is 44.2 Å². The van der Waals surface area contributed by atoms with Crippen LogP contribution < -0.4 is 22.3 Å². The van der Waals surface area contributed by atoms with Crippen LogP contribution in [0.15, 0.2) is 44.3 Å². The van der Waals surface area contributed by atoms with Gasteiger partial charge in [-0.1, -0.05) is 18.2 Å². The number of carbonyl (C=O) groups is 1. The molecule has 0 spiro atoms. The molecular weight excluding hydrogens is 324 g/mol. The molecule has 1 atom stereocenters. The Bertz CT molecular complexity index is 1040. The molecule has 0 fully saturated rings. The number of rotatable bonds is 4. The van der Waals surface area contributed by atoms with Gasteiger partial charge in [0.25, 0.3) is 11.5 Å². The zero-order valence-corrected chi connectivity index (χ0v) is 13.8. The highest BCUT2D eigenvalue weighted by molar-refractivity contribution is 6.06. The number of para-hydroxylation sites is 1. The summed E-state index contributed by atoms with van der Waals surface area (Å²) in [5.41, 5.74) is 4.86. The maximum absolute atomic E-state index is 12.9. The number of carbonyl (C=O) groups excluding carboxylic acids is 1. The molecule has 2 heterocycles. The molecule has 3 aromatic rings. The molecule has 0 radical (unpaired) electrons. The molecule has 25 heavy (non-hydrogen) atoms. The maximum Gasteiger partial charge on any atom is 0.335 e. The predicted octanol–water partition coefficient (Wildman–Crippen LogP) is 0.657. The highest BCUT2D eigenvalue weighted by Crippen LogP contribution is 2.20. The van der Waals surface area contributed by atoms with Gasteiger partial charge in [-0.05, 0) is 26.0 Å². The first-order chi connectivity index (χ1) is 11.9. The zero-order valence-electron chi connectivity index (χ0n) is 13.8. The number of hydrogen-bond donors (Lipinski definition) is 3. The number of H-pyrrole nitrogens is 1. The van der Waals surface area contributed by atoms with E-state index in [0.29, 0.717) is 5.69 Å². The van der Waals surface area contributed by atoms with E-state index in [4.69, 9.17) is 10.2 Å². The van der Waals surface area contributed by atoms with E-state index in [0.717, 1.165) is 4.57 Å². The second kappa shape index (κ2) is 6.40. The normalized spacial score (nSPS) is 12.3. The molecule has 8 nitrogen and oxygen atoms in total. The van der Waals surface area contributed by atoms with Gasteiger partial charge >= 0.3 is 5.69 Å². The van der Waals surface area contributed by atoms with Crippen LogP contribution >= 0.6 is 0 Å². The number of nitrogens with one attached hydrogen (secondary N) is 2. The Hall–Kier alpha value is -3.13. The lowest BCUT2D eigenvalue weighted by Gasteiger charge is -2.07. The van der Waals surface area contributed by atoms with Crippen LogP contribution in [0, 0.1) is 6.92 Å². The summed E-state index contributed by atoms with van der Waals surface area (Å²) in [5.74, 6) is -0.229. The largest absolute Gasteiger partial charge is 0.444 e. The van der Waals surface area contributed by atoms with Crippen LogP contribution in [0.4, 0.5) is 0 Å². The number of hydrogen-bond acceptors (Lipinski definition) is 5. The number of aromatic nitrogens is 2. The van der Waals surface area contributed by atoms with E-state index >= 15 is 0 Å². The van der Waals surface area contributed by atoms with Gasteiger partial charge in [0.2, 0.25) is 5.71 Å². The minimum Gasteiger partial charge on any atom is -0.444 e. The molecule has 0 aliphatic heterocycles. The molecule has 3 rings (SSSR count). The molecule has 8 heteroatoms. The molecule has 0 aliphatic rings. The van der Waals surface area contributed by atoms with Crippen LogP contribution in [0.3, 0.4) is 0 Å². The van der Waals surface area contributed by atoms with Gasteiger partial charge in [0.05, 0.1) is 11.3 Å². The van der Waals surface area contributed by atoms with E-state index in [1.807, 2.05) is 0 Å². The quantitative estimate of drug-likeness (QED) is 0.642. The summed E-state index contributed by atoms with van der Waals surface area (Å²) in [6, 6.07) is 8.22. The number of aromatic amines is 1. The molecular formula is C17H18N4O4. The third-order valence-electron chi connectivity index (χ3n) is 3.75. The van der Waals surface area contributed by atoms with Crippen LogP contribution in [0.5, 0.6) is 0 Å². The van der Waals surface area contributed by atoms with Gasteiger partial charge in [-0.3, -0.25) is 14.6 Å². The molecule has 0 saturated carbocycles. The Balaban J connectivity index is 2.24. The van der Waals surface area contributed by atoms with Crippen molar-refractivity contribution < 1.29 is 9.21 Å². The van der Waals surface area contributed by atoms with Crippen LogP contribution in [0.25, 0.3) is 16.8 Å². The minimum absolute atomic E-state index is 0.0226. The predicted molar refractivity (Wildman–Crippen MR) is 93.2 cm³/mol. The lowest BCUT2D eigenvalue weighted by molar-refractivity contribution is 0.0951. The number of furan rings is 1. The summed E-state index contributed by atoms with van der Waals surface area (Å²) in [7, 11) is 0. The van der Waals surface area contributed by atoms with Crippen LogP contribution in [0.1, 0.15) is 23.0 Å². The number of amides is 1. The van der Waals surface area contributed by atoms with Crippen molar-refractivity contribution in [1.82, 2.24) is 14.9 Å². The first-order valence-electron chi connectivity index (χ1n) is 7.77. The van der Waals surface area contributed by atoms with Gasteiger partial charge in [0, 0.05) is 12.6 Å². The van der Waals surface area contributed by atoms with Crippen molar-refractivity contribution in [3.05, 3.63) is 62.5 Å². The van der Waals surface area contributed by atoms with Gasteiger partial charge < -0.3 is 15.5 Å². The lowest BCUT2D eigenvalue weighted by atomic mass is 10.1. The second-order valence-corrected chi connectivity index (χ2v) is 5.83. The third kappa shape index (κ3) is 2.99. The third-order valence-corrected chi connectivity index (χ3v) is 3.75. The number of nitrogens with zero attached hydrogens (tertiary/aromatic N) is 1. The summed E-state index contributed by atoms with van der Waals surface area (Å²) in [5, 5.41) is 2.69. The van der Waals surface area contributed by atoms with E-state index in [-0.39, 0.29) is 35.0 Å². The smallest absolute Gasteiger partial charge is 0.335 e. The summed E-state index contributed by atoms with van der Waals surface area (Å²) in [6.07, 6.45) is 0. The fraction of sp³-hybridized carbons (Fsp3) is 0.235. The summed E-state index contributed by atoms with van der Waals surface area (Å²) >= 11 is 0. The standard InChI is InChI=1S/C17H18N4O4/c1-9(18)8-19-14(22)12-10(2)25-15-13(12)16(23)21(17(24)20-15)11-6-4-3-5-7-11/h3-7,9H,8,18H2,1-2H3,(H,19,22)(H,20,24). The number of fused-ring (bicyclic) bond motifs is 1. The average Bonchev–Trinajstić information content (AvgIpc) is 2.89. The van der Waals surface area contributed by atoms with Crippen molar-refractivity contribution in [3.8, 4) is 5.69 Å². The van der Waals surface area contributed by atoms with Gasteiger partial charge in [-0.25, -0.2) is 9.36 Å². The molecule has 0 aliphatic carbocycles. The van der Waals surface area contributed by atoms with Crippen LogP contribution in [-0.4, -0.2) is 28.0 Å². The SMILES string of the molecule is Cc1oc2[nH]c(=O)n(-c3ccccc3)c(=O)c2c1C(=O)NCC(C)N. The molecule has 4 N–H and O–H groups in total. The molecule has 1 unspecified atom stereocenters. The second-order valence-electron chi connectivity index (χ2n) is 5.83. The average molecular weight is 342 g/mol. The molecule has 2 aromatic heterocycles. The van der Waals surface area contributed by atoms with E-state index < -0.39 is 17.2 Å². The Kier molecular flexibility index (Phi) is 4.28. The Morgan fingerprint density at radius 1 is 1.32 bits per heavy atom. The van der Waals surface area contributed by atoms with E-state index in [2.05, 4.69) is 10.3 Å². The van der Waals surface area contributed by atoms with Crippen molar-refractivity contribution in [3.63, 3.8) is 0 Å². The highest BCUT2D eigenvalue weighted by Gasteiger charge is 2.24. The molecule has 0 saturated heterocycles. The fourth-order valence-electron chi connectivity index (χ4n) is 2.62. The fourth-order valence-corrected chi connectivity index (χ4v) is 2.62. The van der Waals surface area contributed by atoms with Crippen molar-refractivity contribution in [2.45, 2.75) is 19.9 Å². The van der Waals surface area contributed by atoms with Gasteiger partial charge in [0.15, 0.2) is 0 Å². The van der Waals surface area contributed by atoms with Gasteiger partial charge in [0.1, 0.15) is 11.1 Å². The Morgan fingerprint density at radius 3 is 2.64 bits per heavy atom. The lowest BCUT2D eigenvalue weighted by Crippen LogP contribution is -2.37.